The molecule has 1 saturated heterocycles. The Labute approximate surface area is 251 Å². The molecule has 3 aromatic heterocycles. The van der Waals surface area contributed by atoms with E-state index >= 15 is 0 Å². The number of benzene rings is 3. The minimum atomic E-state index is 0.0402. The third kappa shape index (κ3) is 5.70. The Bertz CT molecular complexity index is 1810. The zero-order chi connectivity index (χ0) is 29.0. The van der Waals surface area contributed by atoms with Gasteiger partial charge in [0.2, 0.25) is 0 Å². The maximum absolute atomic E-state index is 11.0. The van der Waals surface area contributed by atoms with Gasteiger partial charge in [0.05, 0.1) is 12.6 Å². The van der Waals surface area contributed by atoms with E-state index in [4.69, 9.17) is 10.2 Å². The van der Waals surface area contributed by atoms with Crippen molar-refractivity contribution >= 4 is 28.2 Å². The van der Waals surface area contributed by atoms with E-state index < -0.39 is 0 Å². The van der Waals surface area contributed by atoms with E-state index in [1.165, 1.54) is 27.5 Å². The summed E-state index contributed by atoms with van der Waals surface area (Å²) in [6.45, 7) is 2.46. The molecule has 1 amide bonds. The van der Waals surface area contributed by atoms with Gasteiger partial charge in [-0.1, -0.05) is 66.7 Å². The highest BCUT2D eigenvalue weighted by atomic mass is 16.1. The van der Waals surface area contributed by atoms with Gasteiger partial charge in [-0.25, -0.2) is 0 Å². The standard InChI is InChI=1S/C35H36N7O/c43-24-38-28-16-18-41(19-17-28)33(20-27-22-37-32-13-7-5-11-30(27)32)35-40-39-34(42(35)23-25-8-2-1-3-9-25)15-14-26-21-36-31-12-6-4-10-29(26)31/h1-13,21-22,28,33,36-37H,14-20,23H2,(H,38,43)/t33-/m1/s1. The molecule has 0 bridgehead atoms. The number of H-pyrrole nitrogens is 2. The van der Waals surface area contributed by atoms with Crippen LogP contribution in [0.4, 0.5) is 0 Å². The minimum absolute atomic E-state index is 0.0402. The highest BCUT2D eigenvalue weighted by molar-refractivity contribution is 5.83. The fourth-order valence-electron chi connectivity index (χ4n) is 6.64. The van der Waals surface area contributed by atoms with Crippen molar-refractivity contribution in [3.05, 3.63) is 120 Å². The molecule has 1 aliphatic heterocycles. The molecule has 7 rings (SSSR count). The topological polar surface area (TPSA) is 94.6 Å². The molecule has 1 radical (unpaired) electrons. The molecule has 1 fully saturated rings. The first-order valence-electron chi connectivity index (χ1n) is 15.2. The van der Waals surface area contributed by atoms with Crippen LogP contribution in [-0.2, 0) is 30.6 Å². The van der Waals surface area contributed by atoms with Gasteiger partial charge in [0, 0.05) is 59.8 Å². The van der Waals surface area contributed by atoms with Crippen LogP contribution in [0.15, 0.2) is 91.3 Å². The van der Waals surface area contributed by atoms with E-state index in [2.05, 4.69) is 116 Å². The third-order valence-corrected chi connectivity index (χ3v) is 8.95. The Balaban J connectivity index is 1.25. The Morgan fingerprint density at radius 1 is 0.814 bits per heavy atom. The lowest BCUT2D eigenvalue weighted by Gasteiger charge is -2.37. The molecular formula is C35H36N7O. The molecule has 0 aliphatic carbocycles. The number of aryl methyl sites for hydroxylation is 2. The molecular weight excluding hydrogens is 534 g/mol. The van der Waals surface area contributed by atoms with Gasteiger partial charge in [0.1, 0.15) is 5.82 Å². The molecule has 8 heteroatoms. The van der Waals surface area contributed by atoms with Crippen molar-refractivity contribution in [2.75, 3.05) is 13.1 Å². The van der Waals surface area contributed by atoms with Crippen LogP contribution >= 0.6 is 0 Å². The van der Waals surface area contributed by atoms with Crippen LogP contribution in [0.2, 0.25) is 0 Å². The highest BCUT2D eigenvalue weighted by Crippen LogP contribution is 2.31. The molecule has 8 nitrogen and oxygen atoms in total. The average Bonchev–Trinajstić information content (AvgIpc) is 3.77. The van der Waals surface area contributed by atoms with Gasteiger partial charge in [-0.05, 0) is 54.5 Å². The summed E-state index contributed by atoms with van der Waals surface area (Å²) in [4.78, 5) is 20.4. The smallest absolute Gasteiger partial charge is 0.309 e. The van der Waals surface area contributed by atoms with Crippen LogP contribution in [0.1, 0.15) is 47.2 Å². The summed E-state index contributed by atoms with van der Waals surface area (Å²) in [6, 6.07) is 27.7. The predicted molar refractivity (Wildman–Crippen MR) is 169 cm³/mol. The summed E-state index contributed by atoms with van der Waals surface area (Å²) in [5.74, 6) is 2.00. The molecule has 0 spiro atoms. The summed E-state index contributed by atoms with van der Waals surface area (Å²) in [5.41, 5.74) is 6.10. The van der Waals surface area contributed by atoms with Crippen molar-refractivity contribution in [2.45, 2.75) is 50.7 Å². The normalized spacial score (nSPS) is 15.3. The second kappa shape index (κ2) is 12.3. The second-order valence-corrected chi connectivity index (χ2v) is 11.5. The number of rotatable bonds is 11. The van der Waals surface area contributed by atoms with Gasteiger partial charge >= 0.3 is 6.41 Å². The maximum atomic E-state index is 11.0. The Kier molecular flexibility index (Phi) is 7.75. The zero-order valence-electron chi connectivity index (χ0n) is 24.2. The van der Waals surface area contributed by atoms with Crippen LogP contribution in [-0.4, -0.2) is 55.2 Å². The van der Waals surface area contributed by atoms with Crippen molar-refractivity contribution < 1.29 is 4.79 Å². The number of likely N-dealkylation sites (tertiary alicyclic amines) is 1. The number of para-hydroxylation sites is 2. The average molecular weight is 571 g/mol. The molecule has 0 saturated carbocycles. The van der Waals surface area contributed by atoms with Gasteiger partial charge in [-0.3, -0.25) is 9.69 Å². The Morgan fingerprint density at radius 2 is 1.47 bits per heavy atom. The number of amides is 1. The van der Waals surface area contributed by atoms with E-state index in [0.29, 0.717) is 0 Å². The zero-order valence-corrected chi connectivity index (χ0v) is 24.2. The van der Waals surface area contributed by atoms with Crippen molar-refractivity contribution in [1.82, 2.24) is 34.9 Å². The summed E-state index contributed by atoms with van der Waals surface area (Å²) in [7, 11) is 0. The number of piperidine rings is 1. The highest BCUT2D eigenvalue weighted by Gasteiger charge is 2.31. The molecule has 0 unspecified atom stereocenters. The molecule has 6 aromatic rings. The van der Waals surface area contributed by atoms with Crippen molar-refractivity contribution in [2.24, 2.45) is 0 Å². The first-order valence-corrected chi connectivity index (χ1v) is 15.2. The first kappa shape index (κ1) is 27.2. The monoisotopic (exact) mass is 570 g/mol. The number of nitrogens with zero attached hydrogens (tertiary/aromatic N) is 4. The first-order chi connectivity index (χ1) is 21.3. The lowest BCUT2D eigenvalue weighted by Crippen LogP contribution is -2.44. The van der Waals surface area contributed by atoms with E-state index in [1.807, 2.05) is 6.41 Å². The largest absolute Gasteiger partial charge is 0.361 e. The van der Waals surface area contributed by atoms with Gasteiger partial charge in [0.25, 0.3) is 0 Å². The summed E-state index contributed by atoms with van der Waals surface area (Å²) in [6.07, 6.45) is 10.4. The fourth-order valence-corrected chi connectivity index (χ4v) is 6.64. The summed E-state index contributed by atoms with van der Waals surface area (Å²) >= 11 is 0. The van der Waals surface area contributed by atoms with E-state index in [-0.39, 0.29) is 12.1 Å². The molecule has 217 valence electrons. The number of carbonyl (C=O) groups excluding carboxylic acids is 1. The lowest BCUT2D eigenvalue weighted by atomic mass is 9.98. The Hall–Kier alpha value is -4.69. The summed E-state index contributed by atoms with van der Waals surface area (Å²) in [5, 5.41) is 15.2. The van der Waals surface area contributed by atoms with E-state index in [0.717, 1.165) is 74.4 Å². The van der Waals surface area contributed by atoms with E-state index in [1.54, 1.807) is 0 Å². The number of aromatic amines is 2. The molecule has 3 N–H and O–H groups in total. The Morgan fingerprint density at radius 3 is 2.19 bits per heavy atom. The number of hydrogen-bond donors (Lipinski definition) is 3. The van der Waals surface area contributed by atoms with E-state index in [9.17, 15) is 4.79 Å². The van der Waals surface area contributed by atoms with Crippen LogP contribution in [0, 0.1) is 0 Å². The molecule has 43 heavy (non-hydrogen) atoms. The maximum Gasteiger partial charge on any atom is 0.309 e. The van der Waals surface area contributed by atoms with Crippen LogP contribution in [0.5, 0.6) is 0 Å². The van der Waals surface area contributed by atoms with Crippen LogP contribution in [0.25, 0.3) is 21.8 Å². The van der Waals surface area contributed by atoms with Crippen molar-refractivity contribution in [1.29, 1.82) is 0 Å². The lowest BCUT2D eigenvalue weighted by molar-refractivity contribution is 0.139. The molecule has 1 atom stereocenters. The molecule has 4 heterocycles. The van der Waals surface area contributed by atoms with Gasteiger partial charge in [-0.15, -0.1) is 10.2 Å². The second-order valence-electron chi connectivity index (χ2n) is 11.5. The van der Waals surface area contributed by atoms with Gasteiger partial charge < -0.3 is 19.9 Å². The number of fused-ring (bicyclic) bond motifs is 2. The fraction of sp³-hybridized carbons (Fsp3) is 0.286. The van der Waals surface area contributed by atoms with Crippen molar-refractivity contribution in [3.63, 3.8) is 0 Å². The van der Waals surface area contributed by atoms with Crippen LogP contribution < -0.4 is 5.32 Å². The number of hydrogen-bond acceptors (Lipinski definition) is 4. The summed E-state index contributed by atoms with van der Waals surface area (Å²) < 4.78 is 2.35. The van der Waals surface area contributed by atoms with Crippen LogP contribution in [0.3, 0.4) is 0 Å². The third-order valence-electron chi connectivity index (χ3n) is 8.95. The van der Waals surface area contributed by atoms with Gasteiger partial charge in [0.15, 0.2) is 5.82 Å². The number of nitrogens with one attached hydrogen (secondary N) is 3. The predicted octanol–water partition coefficient (Wildman–Crippen LogP) is 5.48. The van der Waals surface area contributed by atoms with Gasteiger partial charge in [-0.2, -0.15) is 0 Å². The minimum Gasteiger partial charge on any atom is -0.361 e. The molecule has 3 aromatic carbocycles. The van der Waals surface area contributed by atoms with Crippen molar-refractivity contribution in [3.8, 4) is 0 Å². The quantitative estimate of drug-likeness (QED) is 0.180. The SMILES string of the molecule is O=[C]NC1CCN([C@H](Cc2c[nH]c3ccccc23)c2nnc(CCc3c[nH]c4ccccc34)n2Cc2ccccc2)CC1. The molecule has 1 aliphatic rings. The number of aromatic nitrogens is 5.